The van der Waals surface area contributed by atoms with E-state index in [1.807, 2.05) is 12.1 Å². The summed E-state index contributed by atoms with van der Waals surface area (Å²) in [5.74, 6) is 1.57. The normalized spacial score (nSPS) is 20.8. The minimum absolute atomic E-state index is 0.555. The molecule has 0 spiro atoms. The third-order valence-corrected chi connectivity index (χ3v) is 2.79. The van der Waals surface area contributed by atoms with E-state index in [9.17, 15) is 0 Å². The van der Waals surface area contributed by atoms with Gasteiger partial charge in [0.05, 0.1) is 7.11 Å². The van der Waals surface area contributed by atoms with Gasteiger partial charge in [0.1, 0.15) is 5.75 Å². The quantitative estimate of drug-likeness (QED) is 0.645. The molecular weight excluding hydrogens is 172 g/mol. The van der Waals surface area contributed by atoms with Crippen LogP contribution in [0.5, 0.6) is 5.75 Å². The maximum Gasteiger partial charge on any atom is 0.122 e. The summed E-state index contributed by atoms with van der Waals surface area (Å²) in [6.07, 6.45) is 8.35. The number of benzene rings is 1. The first kappa shape index (κ1) is 9.32. The average molecular weight is 188 g/mol. The maximum atomic E-state index is 5.36. The van der Waals surface area contributed by atoms with Crippen LogP contribution in [0.4, 0.5) is 0 Å². The highest BCUT2D eigenvalue weighted by molar-refractivity contribution is 5.38. The van der Waals surface area contributed by atoms with E-state index >= 15 is 0 Å². The third kappa shape index (κ3) is 1.82. The topological polar surface area (TPSA) is 9.23 Å². The van der Waals surface area contributed by atoms with E-state index in [0.29, 0.717) is 5.92 Å². The summed E-state index contributed by atoms with van der Waals surface area (Å²) in [6.45, 7) is 0. The first-order valence-corrected chi connectivity index (χ1v) is 5.21. The Bertz CT molecular complexity index is 328. The summed E-state index contributed by atoms with van der Waals surface area (Å²) in [7, 11) is 1.74. The SMILES string of the molecule is COc1ccccc1[C@H]1C=CCCC1. The number of para-hydroxylation sites is 1. The average Bonchev–Trinajstić information content (AvgIpc) is 2.30. The predicted octanol–water partition coefficient (Wildman–Crippen LogP) is 3.52. The lowest BCUT2D eigenvalue weighted by atomic mass is 9.89. The van der Waals surface area contributed by atoms with E-state index in [4.69, 9.17) is 4.74 Å². The van der Waals surface area contributed by atoms with E-state index in [-0.39, 0.29) is 0 Å². The summed E-state index contributed by atoms with van der Waals surface area (Å²) in [5, 5.41) is 0. The van der Waals surface area contributed by atoms with Crippen LogP contribution < -0.4 is 4.74 Å². The molecule has 74 valence electrons. The summed E-state index contributed by atoms with van der Waals surface area (Å²) < 4.78 is 5.36. The van der Waals surface area contributed by atoms with Crippen LogP contribution in [0.15, 0.2) is 36.4 Å². The summed E-state index contributed by atoms with van der Waals surface area (Å²) in [6, 6.07) is 8.31. The Kier molecular flexibility index (Phi) is 2.87. The van der Waals surface area contributed by atoms with E-state index in [0.717, 1.165) is 5.75 Å². The Morgan fingerprint density at radius 3 is 2.86 bits per heavy atom. The number of methoxy groups -OCH3 is 1. The Labute approximate surface area is 85.4 Å². The van der Waals surface area contributed by atoms with Gasteiger partial charge in [0.15, 0.2) is 0 Å². The lowest BCUT2D eigenvalue weighted by Gasteiger charge is -2.18. The van der Waals surface area contributed by atoms with Crippen molar-refractivity contribution >= 4 is 0 Å². The summed E-state index contributed by atoms with van der Waals surface area (Å²) in [4.78, 5) is 0. The fraction of sp³-hybridized carbons (Fsp3) is 0.385. The maximum absolute atomic E-state index is 5.36. The molecule has 0 aromatic heterocycles. The largest absolute Gasteiger partial charge is 0.496 e. The second-order valence-corrected chi connectivity index (χ2v) is 3.71. The van der Waals surface area contributed by atoms with Crippen molar-refractivity contribution in [3.8, 4) is 5.75 Å². The van der Waals surface area contributed by atoms with Crippen molar-refractivity contribution in [3.63, 3.8) is 0 Å². The van der Waals surface area contributed by atoms with Gasteiger partial charge in [0, 0.05) is 11.5 Å². The fourth-order valence-electron chi connectivity index (χ4n) is 2.04. The van der Waals surface area contributed by atoms with Crippen LogP contribution in [0.3, 0.4) is 0 Å². The predicted molar refractivity (Wildman–Crippen MR) is 58.7 cm³/mol. The first-order valence-electron chi connectivity index (χ1n) is 5.21. The smallest absolute Gasteiger partial charge is 0.122 e. The van der Waals surface area contributed by atoms with Crippen LogP contribution in [0.1, 0.15) is 30.7 Å². The fourth-order valence-corrected chi connectivity index (χ4v) is 2.04. The Morgan fingerprint density at radius 1 is 1.29 bits per heavy atom. The van der Waals surface area contributed by atoms with Crippen LogP contribution in [-0.4, -0.2) is 7.11 Å². The van der Waals surface area contributed by atoms with Gasteiger partial charge in [-0.25, -0.2) is 0 Å². The first-order chi connectivity index (χ1) is 6.92. The van der Waals surface area contributed by atoms with Crippen molar-refractivity contribution in [1.29, 1.82) is 0 Å². The van der Waals surface area contributed by atoms with Crippen LogP contribution in [-0.2, 0) is 0 Å². The lowest BCUT2D eigenvalue weighted by molar-refractivity contribution is 0.406. The highest BCUT2D eigenvalue weighted by Crippen LogP contribution is 2.33. The van der Waals surface area contributed by atoms with Crippen molar-refractivity contribution in [2.75, 3.05) is 7.11 Å². The molecule has 0 heterocycles. The van der Waals surface area contributed by atoms with Crippen molar-refractivity contribution in [3.05, 3.63) is 42.0 Å². The Balaban J connectivity index is 2.29. The molecule has 0 aliphatic heterocycles. The van der Waals surface area contributed by atoms with E-state index in [1.54, 1.807) is 7.11 Å². The van der Waals surface area contributed by atoms with Crippen LogP contribution in [0.2, 0.25) is 0 Å². The van der Waals surface area contributed by atoms with Crippen LogP contribution in [0, 0.1) is 0 Å². The Morgan fingerprint density at radius 2 is 2.14 bits per heavy atom. The molecule has 0 N–H and O–H groups in total. The zero-order valence-electron chi connectivity index (χ0n) is 8.57. The Hall–Kier alpha value is -1.24. The molecule has 0 bridgehead atoms. The van der Waals surface area contributed by atoms with Crippen molar-refractivity contribution < 1.29 is 4.74 Å². The molecule has 1 aromatic carbocycles. The van der Waals surface area contributed by atoms with Crippen molar-refractivity contribution in [2.45, 2.75) is 25.2 Å². The van der Waals surface area contributed by atoms with Gasteiger partial charge >= 0.3 is 0 Å². The molecule has 0 radical (unpaired) electrons. The molecule has 1 aromatic rings. The molecule has 0 saturated heterocycles. The molecule has 1 nitrogen and oxygen atoms in total. The standard InChI is InChI=1S/C13H16O/c1-14-13-10-6-5-9-12(13)11-7-3-2-4-8-11/h3,5-7,9-11H,2,4,8H2,1H3/t11-/m0/s1. The highest BCUT2D eigenvalue weighted by Gasteiger charge is 2.14. The van der Waals surface area contributed by atoms with Crippen LogP contribution >= 0.6 is 0 Å². The van der Waals surface area contributed by atoms with Gasteiger partial charge in [0.2, 0.25) is 0 Å². The van der Waals surface area contributed by atoms with Gasteiger partial charge in [-0.1, -0.05) is 30.4 Å². The minimum Gasteiger partial charge on any atom is -0.496 e. The minimum atomic E-state index is 0.555. The number of hydrogen-bond acceptors (Lipinski definition) is 1. The van der Waals surface area contributed by atoms with E-state index in [2.05, 4.69) is 24.3 Å². The molecule has 2 rings (SSSR count). The molecular formula is C13H16O. The zero-order chi connectivity index (χ0) is 9.80. The molecule has 1 heteroatoms. The molecule has 1 aliphatic carbocycles. The zero-order valence-corrected chi connectivity index (χ0v) is 8.57. The van der Waals surface area contributed by atoms with Gasteiger partial charge in [-0.15, -0.1) is 0 Å². The summed E-state index contributed by atoms with van der Waals surface area (Å²) >= 11 is 0. The number of allylic oxidation sites excluding steroid dienone is 2. The molecule has 14 heavy (non-hydrogen) atoms. The van der Waals surface area contributed by atoms with Gasteiger partial charge in [-0.05, 0) is 25.3 Å². The summed E-state index contributed by atoms with van der Waals surface area (Å²) in [5.41, 5.74) is 1.32. The van der Waals surface area contributed by atoms with Gasteiger partial charge in [-0.2, -0.15) is 0 Å². The van der Waals surface area contributed by atoms with Crippen molar-refractivity contribution in [1.82, 2.24) is 0 Å². The molecule has 0 amide bonds. The molecule has 0 fully saturated rings. The second kappa shape index (κ2) is 4.32. The molecule has 0 unspecified atom stereocenters. The highest BCUT2D eigenvalue weighted by atomic mass is 16.5. The molecule has 1 aliphatic rings. The number of hydrogen-bond donors (Lipinski definition) is 0. The number of rotatable bonds is 2. The van der Waals surface area contributed by atoms with Crippen LogP contribution in [0.25, 0.3) is 0 Å². The third-order valence-electron chi connectivity index (χ3n) is 2.79. The monoisotopic (exact) mass is 188 g/mol. The number of ether oxygens (including phenoxy) is 1. The molecule has 0 saturated carbocycles. The lowest BCUT2D eigenvalue weighted by Crippen LogP contribution is -2.01. The van der Waals surface area contributed by atoms with Gasteiger partial charge in [-0.3, -0.25) is 0 Å². The second-order valence-electron chi connectivity index (χ2n) is 3.71. The molecule has 1 atom stereocenters. The van der Waals surface area contributed by atoms with Gasteiger partial charge < -0.3 is 4.74 Å². The van der Waals surface area contributed by atoms with Gasteiger partial charge in [0.25, 0.3) is 0 Å². The van der Waals surface area contributed by atoms with E-state index < -0.39 is 0 Å². The van der Waals surface area contributed by atoms with Crippen molar-refractivity contribution in [2.24, 2.45) is 0 Å². The van der Waals surface area contributed by atoms with E-state index in [1.165, 1.54) is 24.8 Å².